The molecule has 3 N–H and O–H groups in total. The van der Waals surface area contributed by atoms with E-state index in [4.69, 9.17) is 4.74 Å². The molecule has 0 saturated carbocycles. The number of carbonyl (C=O) groups excluding carboxylic acids is 1. The van der Waals surface area contributed by atoms with E-state index in [2.05, 4.69) is 10.6 Å². The molecule has 0 radical (unpaired) electrons. The van der Waals surface area contributed by atoms with Gasteiger partial charge in [-0.25, -0.2) is 0 Å². The lowest BCUT2D eigenvalue weighted by atomic mass is 10.1. The summed E-state index contributed by atoms with van der Waals surface area (Å²) in [5.41, 5.74) is 0. The smallest absolute Gasteiger partial charge is 0.237 e. The quantitative estimate of drug-likeness (QED) is 0.557. The number of methoxy groups -OCH3 is 1. The molecule has 5 nitrogen and oxygen atoms in total. The Morgan fingerprint density at radius 2 is 2.47 bits per heavy atom. The molecule has 0 aliphatic carbocycles. The Morgan fingerprint density at radius 1 is 1.73 bits per heavy atom. The van der Waals surface area contributed by atoms with Gasteiger partial charge in [0.05, 0.1) is 18.8 Å². The zero-order valence-corrected chi connectivity index (χ0v) is 9.32. The second kappa shape index (κ2) is 6.05. The first kappa shape index (κ1) is 12.4. The molecule has 1 aliphatic rings. The fourth-order valence-corrected chi connectivity index (χ4v) is 1.66. The summed E-state index contributed by atoms with van der Waals surface area (Å²) in [6, 6.07) is -0.241. The summed E-state index contributed by atoms with van der Waals surface area (Å²) in [4.78, 5) is 11.6. The van der Waals surface area contributed by atoms with E-state index in [9.17, 15) is 9.90 Å². The number of carbonyl (C=O) groups is 1. The Hall–Kier alpha value is -0.650. The molecule has 0 aromatic carbocycles. The topological polar surface area (TPSA) is 70.6 Å². The van der Waals surface area contributed by atoms with Crippen molar-refractivity contribution in [2.45, 2.75) is 25.5 Å². The summed E-state index contributed by atoms with van der Waals surface area (Å²) in [5.74, 6) is 0.278. The predicted octanol–water partition coefficient (Wildman–Crippen LogP) is -0.892. The second-order valence-electron chi connectivity index (χ2n) is 4.16. The van der Waals surface area contributed by atoms with Gasteiger partial charge in [0, 0.05) is 20.2 Å². The molecule has 0 bridgehead atoms. The highest BCUT2D eigenvalue weighted by atomic mass is 16.5. The summed E-state index contributed by atoms with van der Waals surface area (Å²) >= 11 is 0. The van der Waals surface area contributed by atoms with Crippen molar-refractivity contribution in [2.75, 3.05) is 26.8 Å². The molecule has 3 unspecified atom stereocenters. The van der Waals surface area contributed by atoms with Gasteiger partial charge >= 0.3 is 0 Å². The Kier molecular flexibility index (Phi) is 5.01. The first-order valence-electron chi connectivity index (χ1n) is 5.31. The van der Waals surface area contributed by atoms with E-state index >= 15 is 0 Å². The number of aliphatic hydroxyl groups is 1. The van der Waals surface area contributed by atoms with Crippen molar-refractivity contribution in [3.05, 3.63) is 0 Å². The van der Waals surface area contributed by atoms with Gasteiger partial charge in [-0.2, -0.15) is 0 Å². The van der Waals surface area contributed by atoms with Crippen LogP contribution in [0.15, 0.2) is 0 Å². The molecular weight excluding hydrogens is 196 g/mol. The van der Waals surface area contributed by atoms with E-state index in [0.29, 0.717) is 32.0 Å². The van der Waals surface area contributed by atoms with E-state index in [1.54, 1.807) is 7.11 Å². The number of nitrogens with one attached hydrogen (secondary N) is 2. The fraction of sp³-hybridized carbons (Fsp3) is 0.900. The van der Waals surface area contributed by atoms with Crippen LogP contribution in [0.4, 0.5) is 0 Å². The van der Waals surface area contributed by atoms with Crippen LogP contribution in [-0.4, -0.2) is 50.0 Å². The summed E-state index contributed by atoms with van der Waals surface area (Å²) in [7, 11) is 1.65. The van der Waals surface area contributed by atoms with Gasteiger partial charge in [0.2, 0.25) is 5.91 Å². The van der Waals surface area contributed by atoms with Crippen molar-refractivity contribution in [1.82, 2.24) is 10.6 Å². The molecule has 1 amide bonds. The maximum atomic E-state index is 11.6. The molecule has 88 valence electrons. The maximum Gasteiger partial charge on any atom is 0.237 e. The normalized spacial score (nSPS) is 27.7. The molecule has 5 heteroatoms. The number of aliphatic hydroxyl groups excluding tert-OH is 1. The van der Waals surface area contributed by atoms with Gasteiger partial charge in [0.1, 0.15) is 0 Å². The molecule has 1 rings (SSSR count). The maximum absolute atomic E-state index is 11.6. The van der Waals surface area contributed by atoms with Crippen molar-refractivity contribution in [3.63, 3.8) is 0 Å². The number of rotatable bonds is 5. The first-order chi connectivity index (χ1) is 7.13. The van der Waals surface area contributed by atoms with Crippen LogP contribution in [0.3, 0.4) is 0 Å². The third kappa shape index (κ3) is 4.15. The Balaban J connectivity index is 2.18. The number of amides is 1. The standard InChI is InChI=1S/C10H20N2O3/c1-7(6-15-2)4-12-10(14)9-3-8(13)5-11-9/h7-9,11,13H,3-6H2,1-2H3,(H,12,14). The monoisotopic (exact) mass is 216 g/mol. The summed E-state index contributed by atoms with van der Waals surface area (Å²) < 4.78 is 4.97. The predicted molar refractivity (Wildman–Crippen MR) is 56.5 cm³/mol. The molecule has 0 aromatic heterocycles. The number of β-amino-alcohol motifs (C(OH)–C–C–N with tert-alkyl or cyclic N) is 1. The van der Waals surface area contributed by atoms with Crippen LogP contribution in [0.5, 0.6) is 0 Å². The van der Waals surface area contributed by atoms with Crippen LogP contribution in [0, 0.1) is 5.92 Å². The van der Waals surface area contributed by atoms with E-state index in [-0.39, 0.29) is 11.9 Å². The van der Waals surface area contributed by atoms with Crippen molar-refractivity contribution < 1.29 is 14.6 Å². The Bertz CT molecular complexity index is 211. The molecule has 1 heterocycles. The minimum Gasteiger partial charge on any atom is -0.392 e. The SMILES string of the molecule is COCC(C)CNC(=O)C1CC(O)CN1. The number of ether oxygens (including phenoxy) is 1. The highest BCUT2D eigenvalue weighted by molar-refractivity contribution is 5.82. The third-order valence-electron chi connectivity index (χ3n) is 2.50. The number of hydrogen-bond donors (Lipinski definition) is 3. The fourth-order valence-electron chi connectivity index (χ4n) is 1.66. The summed E-state index contributed by atoms with van der Waals surface area (Å²) in [5, 5.41) is 15.1. The molecule has 1 aliphatic heterocycles. The van der Waals surface area contributed by atoms with Crippen LogP contribution in [0.1, 0.15) is 13.3 Å². The van der Waals surface area contributed by atoms with E-state index < -0.39 is 6.10 Å². The molecular formula is C10H20N2O3. The van der Waals surface area contributed by atoms with E-state index in [1.807, 2.05) is 6.92 Å². The van der Waals surface area contributed by atoms with E-state index in [1.165, 1.54) is 0 Å². The lowest BCUT2D eigenvalue weighted by Crippen LogP contribution is -2.42. The van der Waals surface area contributed by atoms with E-state index in [0.717, 1.165) is 0 Å². The largest absolute Gasteiger partial charge is 0.392 e. The molecule has 15 heavy (non-hydrogen) atoms. The average molecular weight is 216 g/mol. The van der Waals surface area contributed by atoms with Crippen LogP contribution < -0.4 is 10.6 Å². The van der Waals surface area contributed by atoms with Gasteiger partial charge in [0.25, 0.3) is 0 Å². The minimum absolute atomic E-state index is 0.0329. The van der Waals surface area contributed by atoms with Crippen LogP contribution >= 0.6 is 0 Å². The average Bonchev–Trinajstić information content (AvgIpc) is 2.62. The van der Waals surface area contributed by atoms with Crippen molar-refractivity contribution in [2.24, 2.45) is 5.92 Å². The lowest BCUT2D eigenvalue weighted by Gasteiger charge is -2.14. The molecule has 0 aromatic rings. The van der Waals surface area contributed by atoms with Crippen molar-refractivity contribution in [3.8, 4) is 0 Å². The molecule has 0 spiro atoms. The van der Waals surface area contributed by atoms with Crippen LogP contribution in [0.2, 0.25) is 0 Å². The lowest BCUT2D eigenvalue weighted by molar-refractivity contribution is -0.123. The molecule has 3 atom stereocenters. The first-order valence-corrected chi connectivity index (χ1v) is 5.31. The van der Waals surface area contributed by atoms with Gasteiger partial charge in [-0.05, 0) is 12.3 Å². The van der Waals surface area contributed by atoms with Crippen LogP contribution in [-0.2, 0) is 9.53 Å². The highest BCUT2D eigenvalue weighted by Gasteiger charge is 2.27. The summed E-state index contributed by atoms with van der Waals surface area (Å²) in [6.07, 6.45) is 0.113. The van der Waals surface area contributed by atoms with Crippen molar-refractivity contribution >= 4 is 5.91 Å². The van der Waals surface area contributed by atoms with Gasteiger partial charge in [-0.3, -0.25) is 4.79 Å². The molecule has 1 fully saturated rings. The second-order valence-corrected chi connectivity index (χ2v) is 4.16. The Labute approximate surface area is 90.2 Å². The van der Waals surface area contributed by atoms with Gasteiger partial charge < -0.3 is 20.5 Å². The Morgan fingerprint density at radius 3 is 3.00 bits per heavy atom. The number of hydrogen-bond acceptors (Lipinski definition) is 4. The third-order valence-corrected chi connectivity index (χ3v) is 2.50. The summed E-state index contributed by atoms with van der Waals surface area (Å²) in [6.45, 7) is 3.77. The molecule has 1 saturated heterocycles. The minimum atomic E-state index is -0.392. The highest BCUT2D eigenvalue weighted by Crippen LogP contribution is 2.06. The van der Waals surface area contributed by atoms with Gasteiger partial charge in [-0.1, -0.05) is 6.92 Å². The van der Waals surface area contributed by atoms with Gasteiger partial charge in [-0.15, -0.1) is 0 Å². The van der Waals surface area contributed by atoms with Crippen LogP contribution in [0.25, 0.3) is 0 Å². The zero-order valence-electron chi connectivity index (χ0n) is 9.32. The van der Waals surface area contributed by atoms with Crippen molar-refractivity contribution in [1.29, 1.82) is 0 Å². The van der Waals surface area contributed by atoms with Gasteiger partial charge in [0.15, 0.2) is 0 Å². The zero-order chi connectivity index (χ0) is 11.3.